The highest BCUT2D eigenvalue weighted by Gasteiger charge is 2.79. The molecule has 3 aliphatic carbocycles. The molecule has 7 nitrogen and oxygen atoms in total. The molecule has 39 heavy (non-hydrogen) atoms. The second kappa shape index (κ2) is 7.96. The van der Waals surface area contributed by atoms with Gasteiger partial charge < -0.3 is 34.5 Å². The number of H-pyrrole nitrogens is 1. The second-order valence-electron chi connectivity index (χ2n) is 14.2. The Morgan fingerprint density at radius 1 is 1.08 bits per heavy atom. The molecule has 3 heterocycles. The molecule has 0 spiro atoms. The summed E-state index contributed by atoms with van der Waals surface area (Å²) in [4.78, 5) is 3.72. The van der Waals surface area contributed by atoms with Crippen molar-refractivity contribution in [3.05, 3.63) is 47.2 Å². The molecule has 2 aromatic rings. The van der Waals surface area contributed by atoms with Gasteiger partial charge in [-0.3, -0.25) is 0 Å². The quantitative estimate of drug-likeness (QED) is 0.405. The summed E-state index contributed by atoms with van der Waals surface area (Å²) in [6.45, 7) is 12.3. The van der Waals surface area contributed by atoms with Crippen LogP contribution in [0.25, 0.3) is 10.9 Å². The molecule has 0 amide bonds. The van der Waals surface area contributed by atoms with Gasteiger partial charge in [-0.1, -0.05) is 37.6 Å². The average molecular weight is 538 g/mol. The lowest BCUT2D eigenvalue weighted by Crippen LogP contribution is -2.84. The number of aliphatic hydroxyl groups excluding tert-OH is 1. The summed E-state index contributed by atoms with van der Waals surface area (Å²) in [6, 6.07) is 8.36. The Kier molecular flexibility index (Phi) is 5.34. The molecule has 0 bridgehead atoms. The number of hydrogen-bond donors (Lipinski definition) is 4. The van der Waals surface area contributed by atoms with Crippen molar-refractivity contribution in [2.24, 2.45) is 11.3 Å². The number of nitrogens with one attached hydrogen (secondary N) is 1. The number of benzene rings is 1. The minimum absolute atomic E-state index is 0.154. The van der Waals surface area contributed by atoms with E-state index in [0.717, 1.165) is 23.2 Å². The van der Waals surface area contributed by atoms with Crippen molar-refractivity contribution in [2.45, 2.75) is 127 Å². The molecule has 2 saturated carbocycles. The summed E-state index contributed by atoms with van der Waals surface area (Å²) in [7, 11) is 0. The fraction of sp³-hybridized carbons (Fsp3) is 0.688. The van der Waals surface area contributed by atoms with Crippen molar-refractivity contribution in [2.75, 3.05) is 0 Å². The lowest BCUT2D eigenvalue weighted by Gasteiger charge is -2.71. The van der Waals surface area contributed by atoms with Crippen LogP contribution in [0.4, 0.5) is 0 Å². The maximum absolute atomic E-state index is 12.9. The molecule has 2 aliphatic heterocycles. The number of allylic oxidation sites excluding steroid dienone is 1. The topological polar surface area (TPSA) is 104 Å². The highest BCUT2D eigenvalue weighted by molar-refractivity contribution is 5.86. The fourth-order valence-electron chi connectivity index (χ4n) is 9.67. The van der Waals surface area contributed by atoms with Crippen LogP contribution in [0.15, 0.2) is 35.9 Å². The molecular weight excluding hydrogens is 494 g/mol. The van der Waals surface area contributed by atoms with Crippen LogP contribution in [0.2, 0.25) is 0 Å². The molecule has 212 valence electrons. The Hall–Kier alpha value is -1.74. The number of para-hydroxylation sites is 1. The third kappa shape index (κ3) is 3.04. The number of rotatable bonds is 1. The first-order chi connectivity index (χ1) is 18.3. The molecule has 7 heteroatoms. The zero-order chi connectivity index (χ0) is 27.8. The van der Waals surface area contributed by atoms with Gasteiger partial charge in [0.05, 0.1) is 23.9 Å². The van der Waals surface area contributed by atoms with Crippen molar-refractivity contribution >= 4 is 10.9 Å². The zero-order valence-electron chi connectivity index (χ0n) is 24.0. The Morgan fingerprint density at radius 2 is 1.82 bits per heavy atom. The maximum atomic E-state index is 12.9. The number of aromatic nitrogens is 1. The van der Waals surface area contributed by atoms with Crippen LogP contribution in [0.3, 0.4) is 0 Å². The van der Waals surface area contributed by atoms with E-state index in [0.29, 0.717) is 19.3 Å². The van der Waals surface area contributed by atoms with Gasteiger partial charge in [0, 0.05) is 33.8 Å². The molecule has 1 aromatic heterocycles. The molecule has 0 radical (unpaired) electrons. The smallest absolute Gasteiger partial charge is 0.178 e. The van der Waals surface area contributed by atoms with Crippen LogP contribution < -0.4 is 0 Å². The van der Waals surface area contributed by atoms with Crippen LogP contribution in [0.5, 0.6) is 0 Å². The zero-order valence-corrected chi connectivity index (χ0v) is 24.0. The summed E-state index contributed by atoms with van der Waals surface area (Å²) >= 11 is 0. The van der Waals surface area contributed by atoms with E-state index in [1.54, 1.807) is 0 Å². The third-order valence-corrected chi connectivity index (χ3v) is 11.7. The van der Waals surface area contributed by atoms with Gasteiger partial charge >= 0.3 is 0 Å². The number of aromatic amines is 1. The third-order valence-electron chi connectivity index (χ3n) is 11.7. The van der Waals surface area contributed by atoms with Crippen LogP contribution in [0, 0.1) is 11.3 Å². The first-order valence-corrected chi connectivity index (χ1v) is 14.6. The lowest BCUT2D eigenvalue weighted by atomic mass is 9.39. The average Bonchev–Trinajstić information content (AvgIpc) is 3.35. The van der Waals surface area contributed by atoms with E-state index in [4.69, 9.17) is 14.2 Å². The number of hydrogen-bond acceptors (Lipinski definition) is 6. The first-order valence-electron chi connectivity index (χ1n) is 14.6. The van der Waals surface area contributed by atoms with Crippen molar-refractivity contribution in [1.82, 2.24) is 4.98 Å². The van der Waals surface area contributed by atoms with Crippen LogP contribution in [-0.2, 0) is 26.0 Å². The van der Waals surface area contributed by atoms with E-state index >= 15 is 0 Å². The van der Waals surface area contributed by atoms with Gasteiger partial charge in [0.2, 0.25) is 0 Å². The first kappa shape index (κ1) is 26.2. The summed E-state index contributed by atoms with van der Waals surface area (Å²) in [5.74, 6) is 0.154. The second-order valence-corrected chi connectivity index (χ2v) is 14.2. The largest absolute Gasteiger partial charge is 0.390 e. The molecule has 10 atom stereocenters. The van der Waals surface area contributed by atoms with Crippen molar-refractivity contribution in [1.29, 1.82) is 0 Å². The van der Waals surface area contributed by atoms with Gasteiger partial charge in [-0.25, -0.2) is 0 Å². The molecule has 0 unspecified atom stereocenters. The van der Waals surface area contributed by atoms with Crippen LogP contribution in [-0.4, -0.2) is 67.8 Å². The molecular formula is C32H43NO6. The minimum atomic E-state index is -1.80. The van der Waals surface area contributed by atoms with Crippen LogP contribution >= 0.6 is 0 Å². The van der Waals surface area contributed by atoms with E-state index in [1.807, 2.05) is 39.8 Å². The standard InChI is InChI=1S/C32H43NO6/c1-17(2)13-25-37-22-16-31(35)24(38-27(22)28(3,4)39-25)11-12-29(5)30(6)18(15-23(34)32(29,31)36)14-20-19-9-7-8-10-21(19)33-26(20)30/h7-10,13,18,22-25,27,33-36H,11-12,14-16H2,1-6H3/t18-,22+,23+,24+,25+,27+,29-,30-,31-,32+/m1/s1. The Labute approximate surface area is 230 Å². The normalized spacial score (nSPS) is 47.9. The molecule has 2 saturated heterocycles. The lowest BCUT2D eigenvalue weighted by molar-refractivity contribution is -0.405. The van der Waals surface area contributed by atoms with Crippen LogP contribution in [0.1, 0.15) is 78.5 Å². The predicted molar refractivity (Wildman–Crippen MR) is 147 cm³/mol. The van der Waals surface area contributed by atoms with Gasteiger partial charge in [0.15, 0.2) is 6.29 Å². The van der Waals surface area contributed by atoms with Crippen molar-refractivity contribution in [3.63, 3.8) is 0 Å². The molecule has 5 aliphatic rings. The van der Waals surface area contributed by atoms with E-state index in [9.17, 15) is 15.3 Å². The van der Waals surface area contributed by atoms with Gasteiger partial charge in [0.1, 0.15) is 17.3 Å². The highest BCUT2D eigenvalue weighted by Crippen LogP contribution is 2.71. The maximum Gasteiger partial charge on any atom is 0.178 e. The predicted octanol–water partition coefficient (Wildman–Crippen LogP) is 4.27. The number of aliphatic hydroxyl groups is 3. The molecule has 7 rings (SSSR count). The Morgan fingerprint density at radius 3 is 2.56 bits per heavy atom. The van der Waals surface area contributed by atoms with E-state index in [1.165, 1.54) is 10.9 Å². The monoisotopic (exact) mass is 537 g/mol. The van der Waals surface area contributed by atoms with Crippen molar-refractivity contribution in [3.8, 4) is 0 Å². The summed E-state index contributed by atoms with van der Waals surface area (Å²) in [5.41, 5.74) is -0.805. The molecule has 4 N–H and O–H groups in total. The van der Waals surface area contributed by atoms with Gasteiger partial charge in [0.25, 0.3) is 0 Å². The Balaban J connectivity index is 1.33. The SMILES string of the molecule is CC(C)=C[C@H]1O[C@H]2C[C@@]3(O)[C@H](CC[C@@]4(C)[C@@]3(O)[C@@H](O)C[C@H]3Cc5c([nH]c6ccccc56)[C@@]34C)O[C@@H]2C(C)(C)O1. The van der Waals surface area contributed by atoms with Gasteiger partial charge in [-0.2, -0.15) is 0 Å². The molecule has 1 aromatic carbocycles. The summed E-state index contributed by atoms with van der Waals surface area (Å²) in [6.07, 6.45) is 1.38. The highest BCUT2D eigenvalue weighted by atomic mass is 16.7. The van der Waals surface area contributed by atoms with Gasteiger partial charge in [-0.05, 0) is 77.0 Å². The van der Waals surface area contributed by atoms with E-state index in [-0.39, 0.29) is 12.3 Å². The summed E-state index contributed by atoms with van der Waals surface area (Å²) < 4.78 is 19.3. The summed E-state index contributed by atoms with van der Waals surface area (Å²) in [5, 5.41) is 38.7. The number of ether oxygens (including phenoxy) is 3. The molecule has 4 fully saturated rings. The van der Waals surface area contributed by atoms with Crippen molar-refractivity contribution < 1.29 is 29.5 Å². The number of fused-ring (bicyclic) bond motifs is 10. The van der Waals surface area contributed by atoms with Gasteiger partial charge in [-0.15, -0.1) is 0 Å². The fourth-order valence-corrected chi connectivity index (χ4v) is 9.67. The van der Waals surface area contributed by atoms with E-state index < -0.39 is 58.3 Å². The Bertz CT molecular complexity index is 1360. The van der Waals surface area contributed by atoms with E-state index in [2.05, 4.69) is 37.0 Å². The minimum Gasteiger partial charge on any atom is -0.390 e.